The predicted octanol–water partition coefficient (Wildman–Crippen LogP) is 4.28. The third-order valence-corrected chi connectivity index (χ3v) is 6.20. The van der Waals surface area contributed by atoms with Gasteiger partial charge in [0.15, 0.2) is 0 Å². The van der Waals surface area contributed by atoms with E-state index in [0.717, 1.165) is 6.07 Å². The van der Waals surface area contributed by atoms with Crippen molar-refractivity contribution in [3.05, 3.63) is 65.6 Å². The molecule has 0 saturated carbocycles. The van der Waals surface area contributed by atoms with Crippen molar-refractivity contribution in [1.82, 2.24) is 10.2 Å². The highest BCUT2D eigenvalue weighted by molar-refractivity contribution is 6.06. The highest BCUT2D eigenvalue weighted by Gasteiger charge is 2.28. The van der Waals surface area contributed by atoms with E-state index in [1.165, 1.54) is 24.3 Å². The van der Waals surface area contributed by atoms with Crippen molar-refractivity contribution in [2.24, 2.45) is 10.7 Å². The molecule has 1 atom stereocenters. The molecule has 3 rings (SSSR count). The number of methoxy groups -OCH3 is 1. The van der Waals surface area contributed by atoms with Gasteiger partial charge < -0.3 is 30.2 Å². The zero-order valence-electron chi connectivity index (χ0n) is 22.4. The van der Waals surface area contributed by atoms with Gasteiger partial charge in [-0.3, -0.25) is 9.59 Å². The van der Waals surface area contributed by atoms with Crippen LogP contribution in [0.5, 0.6) is 17.2 Å². The molecule has 0 aromatic heterocycles. The second-order valence-corrected chi connectivity index (χ2v) is 9.51. The maximum Gasteiger partial charge on any atom is 0.279 e. The number of amidine groups is 1. The number of rotatable bonds is 10. The summed E-state index contributed by atoms with van der Waals surface area (Å²) in [5.74, 6) is -0.923. The first kappa shape index (κ1) is 28.6. The molecule has 204 valence electrons. The van der Waals surface area contributed by atoms with Gasteiger partial charge in [0.1, 0.15) is 34.5 Å². The van der Waals surface area contributed by atoms with Crippen LogP contribution >= 0.6 is 0 Å². The first-order chi connectivity index (χ1) is 18.0. The van der Waals surface area contributed by atoms with Crippen LogP contribution in [-0.4, -0.2) is 61.5 Å². The van der Waals surface area contributed by atoms with Crippen LogP contribution in [0.1, 0.15) is 54.3 Å². The summed E-state index contributed by atoms with van der Waals surface area (Å²) in [7, 11) is 3.29. The molecule has 1 aliphatic rings. The average Bonchev–Trinajstić information content (AvgIpc) is 3.36. The second-order valence-electron chi connectivity index (χ2n) is 9.51. The predicted molar refractivity (Wildman–Crippen MR) is 143 cm³/mol. The summed E-state index contributed by atoms with van der Waals surface area (Å²) in [6.07, 6.45) is 4.38. The van der Waals surface area contributed by atoms with Crippen LogP contribution in [0.4, 0.5) is 4.39 Å². The molecule has 1 fully saturated rings. The molecular weight excluding hydrogens is 491 g/mol. The Labute approximate surface area is 222 Å². The van der Waals surface area contributed by atoms with Gasteiger partial charge in [-0.1, -0.05) is 6.92 Å². The molecule has 0 unspecified atom stereocenters. The SMILES string of the molecule is CCC(C)(C)Oc1cc(Oc2ccc(C(=O)N3CC[C@H](OC)C3)c(F)c2)cc(C(=O)N=C(N)/C=C\NC)c1. The van der Waals surface area contributed by atoms with Crippen molar-refractivity contribution in [3.63, 3.8) is 0 Å². The van der Waals surface area contributed by atoms with Crippen LogP contribution in [0.2, 0.25) is 0 Å². The lowest BCUT2D eigenvalue weighted by Gasteiger charge is -2.25. The number of amides is 2. The number of benzene rings is 2. The van der Waals surface area contributed by atoms with Crippen LogP contribution in [-0.2, 0) is 4.74 Å². The van der Waals surface area contributed by atoms with Crippen molar-refractivity contribution in [2.45, 2.75) is 45.3 Å². The van der Waals surface area contributed by atoms with Crippen LogP contribution < -0.4 is 20.5 Å². The second kappa shape index (κ2) is 12.6. The fraction of sp³-hybridized carbons (Fsp3) is 0.393. The van der Waals surface area contributed by atoms with Crippen LogP contribution in [0, 0.1) is 5.82 Å². The minimum atomic E-state index is -0.710. The standard InChI is InChI=1S/C28H35FN4O5/c1-6-28(2,3)38-22-14-18(26(34)32-25(30)9-11-31-4)13-21(15-22)37-19-7-8-23(24(29)16-19)27(35)33-12-10-20(17-33)36-5/h7-9,11,13-16,20,31H,6,10,12,17H2,1-5H3,(H2,30,32,34)/b11-9-/t20-/m0/s1. The Morgan fingerprint density at radius 1 is 1.21 bits per heavy atom. The number of nitrogens with one attached hydrogen (secondary N) is 1. The molecule has 38 heavy (non-hydrogen) atoms. The third kappa shape index (κ3) is 7.55. The Morgan fingerprint density at radius 2 is 1.95 bits per heavy atom. The summed E-state index contributed by atoms with van der Waals surface area (Å²) in [5, 5.41) is 2.77. The van der Waals surface area contributed by atoms with Gasteiger partial charge in [-0.2, -0.15) is 4.99 Å². The van der Waals surface area contributed by atoms with E-state index in [1.807, 2.05) is 20.8 Å². The number of carbonyl (C=O) groups is 2. The maximum atomic E-state index is 15.0. The minimum Gasteiger partial charge on any atom is -0.488 e. The zero-order valence-corrected chi connectivity index (χ0v) is 22.4. The lowest BCUT2D eigenvalue weighted by atomic mass is 10.1. The molecule has 2 amide bonds. The largest absolute Gasteiger partial charge is 0.488 e. The van der Waals surface area contributed by atoms with Crippen LogP contribution in [0.3, 0.4) is 0 Å². The van der Waals surface area contributed by atoms with Gasteiger partial charge in [-0.15, -0.1) is 0 Å². The molecule has 10 heteroatoms. The van der Waals surface area contributed by atoms with E-state index in [9.17, 15) is 14.0 Å². The van der Waals surface area contributed by atoms with E-state index < -0.39 is 23.2 Å². The van der Waals surface area contributed by atoms with E-state index >= 15 is 0 Å². The number of nitrogens with two attached hydrogens (primary N) is 1. The van der Waals surface area contributed by atoms with Gasteiger partial charge in [-0.25, -0.2) is 4.39 Å². The van der Waals surface area contributed by atoms with E-state index in [4.69, 9.17) is 19.9 Å². The summed E-state index contributed by atoms with van der Waals surface area (Å²) < 4.78 is 32.2. The number of nitrogens with zero attached hydrogens (tertiary/aromatic N) is 2. The summed E-state index contributed by atoms with van der Waals surface area (Å²) in [6, 6.07) is 8.66. The number of hydrogen-bond donors (Lipinski definition) is 2. The molecule has 0 spiro atoms. The summed E-state index contributed by atoms with van der Waals surface area (Å²) >= 11 is 0. The summed E-state index contributed by atoms with van der Waals surface area (Å²) in [6.45, 7) is 6.74. The molecular formula is C28H35FN4O5. The Morgan fingerprint density at radius 3 is 2.58 bits per heavy atom. The fourth-order valence-electron chi connectivity index (χ4n) is 3.74. The van der Waals surface area contributed by atoms with Crippen LogP contribution in [0.25, 0.3) is 0 Å². The molecule has 0 radical (unpaired) electrons. The molecule has 2 aromatic rings. The maximum absolute atomic E-state index is 15.0. The molecule has 1 saturated heterocycles. The monoisotopic (exact) mass is 526 g/mol. The minimum absolute atomic E-state index is 0.0178. The number of likely N-dealkylation sites (tertiary alicyclic amines) is 1. The van der Waals surface area contributed by atoms with Gasteiger partial charge in [-0.05, 0) is 63.2 Å². The molecule has 0 bridgehead atoms. The van der Waals surface area contributed by atoms with Gasteiger partial charge in [0.2, 0.25) is 0 Å². The Kier molecular flexibility index (Phi) is 9.46. The van der Waals surface area contributed by atoms with E-state index in [0.29, 0.717) is 31.7 Å². The van der Waals surface area contributed by atoms with Gasteiger partial charge >= 0.3 is 0 Å². The van der Waals surface area contributed by atoms with Crippen molar-refractivity contribution >= 4 is 17.6 Å². The van der Waals surface area contributed by atoms with Crippen molar-refractivity contribution < 1.29 is 28.2 Å². The smallest absolute Gasteiger partial charge is 0.279 e. The van der Waals surface area contributed by atoms with Crippen LogP contribution in [0.15, 0.2) is 53.7 Å². The molecule has 1 heterocycles. The Hall–Kier alpha value is -3.92. The summed E-state index contributed by atoms with van der Waals surface area (Å²) in [5.41, 5.74) is 5.42. The van der Waals surface area contributed by atoms with E-state index in [-0.39, 0.29) is 34.6 Å². The lowest BCUT2D eigenvalue weighted by molar-refractivity contribution is 0.0719. The normalized spacial score (nSPS) is 16.1. The lowest BCUT2D eigenvalue weighted by Crippen LogP contribution is -2.30. The highest BCUT2D eigenvalue weighted by atomic mass is 19.1. The summed E-state index contributed by atoms with van der Waals surface area (Å²) in [4.78, 5) is 31.1. The topological polar surface area (TPSA) is 115 Å². The Bertz CT molecular complexity index is 1230. The fourth-order valence-corrected chi connectivity index (χ4v) is 3.74. The zero-order chi connectivity index (χ0) is 27.9. The number of carbonyl (C=O) groups excluding carboxylic acids is 2. The number of ether oxygens (including phenoxy) is 3. The molecule has 2 aromatic carbocycles. The molecule has 0 aliphatic carbocycles. The first-order valence-electron chi connectivity index (χ1n) is 12.4. The first-order valence-corrected chi connectivity index (χ1v) is 12.4. The number of hydrogen-bond acceptors (Lipinski definition) is 6. The van der Waals surface area contributed by atoms with Gasteiger partial charge in [0.25, 0.3) is 11.8 Å². The van der Waals surface area contributed by atoms with Gasteiger partial charge in [0.05, 0.1) is 11.7 Å². The molecule has 3 N–H and O–H groups in total. The van der Waals surface area contributed by atoms with Crippen molar-refractivity contribution in [3.8, 4) is 17.2 Å². The highest BCUT2D eigenvalue weighted by Crippen LogP contribution is 2.31. The van der Waals surface area contributed by atoms with Crippen molar-refractivity contribution in [2.75, 3.05) is 27.2 Å². The van der Waals surface area contributed by atoms with E-state index in [2.05, 4.69) is 10.3 Å². The third-order valence-electron chi connectivity index (χ3n) is 6.20. The van der Waals surface area contributed by atoms with E-state index in [1.54, 1.807) is 37.4 Å². The van der Waals surface area contributed by atoms with Gasteiger partial charge in [0, 0.05) is 44.9 Å². The Balaban J connectivity index is 1.87. The average molecular weight is 527 g/mol. The molecule has 1 aliphatic heterocycles. The molecule has 9 nitrogen and oxygen atoms in total. The number of aliphatic imine (C=N–C) groups is 1. The van der Waals surface area contributed by atoms with Crippen molar-refractivity contribution in [1.29, 1.82) is 0 Å². The number of halogens is 1. The quantitative estimate of drug-likeness (QED) is 0.351.